The highest BCUT2D eigenvalue weighted by atomic mass is 19.1. The third-order valence-corrected chi connectivity index (χ3v) is 6.25. The van der Waals surface area contributed by atoms with E-state index in [4.69, 9.17) is 0 Å². The molecule has 0 saturated carbocycles. The molecule has 3 N–H and O–H groups in total. The molecule has 0 saturated heterocycles. The Morgan fingerprint density at radius 2 is 1.86 bits per heavy atom. The summed E-state index contributed by atoms with van der Waals surface area (Å²) in [6.45, 7) is 0.435. The maximum atomic E-state index is 13.5. The zero-order chi connectivity index (χ0) is 25.9. The number of para-hydroxylation sites is 1. The normalized spacial score (nSPS) is 13.1. The van der Waals surface area contributed by atoms with Gasteiger partial charge in [0.05, 0.1) is 17.7 Å². The second-order valence-electron chi connectivity index (χ2n) is 8.61. The predicted octanol–water partition coefficient (Wildman–Crippen LogP) is 4.11. The van der Waals surface area contributed by atoms with Crippen molar-refractivity contribution < 1.29 is 19.1 Å². The summed E-state index contributed by atoms with van der Waals surface area (Å²) in [6.07, 6.45) is 1.50. The van der Waals surface area contributed by atoms with Crippen molar-refractivity contribution in [3.05, 3.63) is 101 Å². The molecule has 1 aliphatic heterocycles. The monoisotopic (exact) mass is 497 g/mol. The number of carbonyl (C=O) groups is 2. The van der Waals surface area contributed by atoms with Crippen LogP contribution in [0.3, 0.4) is 0 Å². The van der Waals surface area contributed by atoms with Crippen LogP contribution in [0.4, 0.5) is 10.1 Å². The van der Waals surface area contributed by atoms with Gasteiger partial charge in [0.2, 0.25) is 0 Å². The van der Waals surface area contributed by atoms with Crippen LogP contribution in [0.1, 0.15) is 31.8 Å². The van der Waals surface area contributed by atoms with Gasteiger partial charge in [-0.1, -0.05) is 36.4 Å². The highest BCUT2D eigenvalue weighted by Gasteiger charge is 2.36. The average molecular weight is 498 g/mol. The summed E-state index contributed by atoms with van der Waals surface area (Å²) in [5, 5.41) is 17.5. The Balaban J connectivity index is 1.46. The van der Waals surface area contributed by atoms with Gasteiger partial charge in [-0.05, 0) is 35.9 Å². The molecule has 0 spiro atoms. The second-order valence-corrected chi connectivity index (χ2v) is 8.61. The van der Waals surface area contributed by atoms with Gasteiger partial charge in [0, 0.05) is 43.0 Å². The van der Waals surface area contributed by atoms with Gasteiger partial charge in [-0.15, -0.1) is 0 Å². The lowest BCUT2D eigenvalue weighted by Gasteiger charge is -2.16. The molecule has 1 aliphatic rings. The number of nitrogens with one attached hydrogen (secondary N) is 2. The molecule has 4 aromatic rings. The molecule has 0 bridgehead atoms. The van der Waals surface area contributed by atoms with Gasteiger partial charge in [-0.3, -0.25) is 19.6 Å². The van der Waals surface area contributed by atoms with Crippen molar-refractivity contribution in [3.8, 4) is 5.75 Å². The van der Waals surface area contributed by atoms with Crippen LogP contribution in [-0.2, 0) is 13.1 Å². The summed E-state index contributed by atoms with van der Waals surface area (Å²) in [6, 6.07) is 18.7. The molecule has 0 fully saturated rings. The fourth-order valence-corrected chi connectivity index (χ4v) is 4.47. The molecule has 0 unspecified atom stereocenters. The minimum absolute atomic E-state index is 0.0604. The van der Waals surface area contributed by atoms with E-state index in [1.807, 2.05) is 30.3 Å². The fourth-order valence-electron chi connectivity index (χ4n) is 4.47. The van der Waals surface area contributed by atoms with E-state index in [0.29, 0.717) is 16.8 Å². The molecule has 8 nitrogen and oxygen atoms in total. The SMILES string of the molecule is CN=C(CNC(=O)c1c2c(c(O)c3ncccc13)C(=O)N(Cc1ccc(F)cc1)C2)Nc1ccccc1. The van der Waals surface area contributed by atoms with Gasteiger partial charge in [0.1, 0.15) is 17.2 Å². The summed E-state index contributed by atoms with van der Waals surface area (Å²) >= 11 is 0. The lowest BCUT2D eigenvalue weighted by atomic mass is 9.96. The Kier molecular flexibility index (Phi) is 6.51. The smallest absolute Gasteiger partial charge is 0.258 e. The van der Waals surface area contributed by atoms with E-state index in [1.54, 1.807) is 31.3 Å². The first kappa shape index (κ1) is 23.9. The number of hydrogen-bond acceptors (Lipinski definition) is 5. The van der Waals surface area contributed by atoms with E-state index < -0.39 is 11.8 Å². The lowest BCUT2D eigenvalue weighted by Crippen LogP contribution is -2.33. The summed E-state index contributed by atoms with van der Waals surface area (Å²) in [5.41, 5.74) is 2.50. The number of pyridine rings is 1. The Labute approximate surface area is 212 Å². The first-order chi connectivity index (χ1) is 18.0. The van der Waals surface area contributed by atoms with Crippen LogP contribution in [0.2, 0.25) is 0 Å². The van der Waals surface area contributed by atoms with E-state index in [-0.39, 0.29) is 47.8 Å². The summed E-state index contributed by atoms with van der Waals surface area (Å²) in [4.78, 5) is 36.8. The number of amides is 2. The van der Waals surface area contributed by atoms with E-state index in [0.717, 1.165) is 11.3 Å². The number of hydrogen-bond donors (Lipinski definition) is 3. The molecular formula is C28H24FN5O3. The zero-order valence-electron chi connectivity index (χ0n) is 20.0. The summed E-state index contributed by atoms with van der Waals surface area (Å²) in [5.74, 6) is -0.908. The first-order valence-corrected chi connectivity index (χ1v) is 11.7. The molecule has 0 atom stereocenters. The van der Waals surface area contributed by atoms with Crippen LogP contribution in [0.15, 0.2) is 77.9 Å². The summed E-state index contributed by atoms with van der Waals surface area (Å²) in [7, 11) is 1.63. The van der Waals surface area contributed by atoms with Crippen molar-refractivity contribution in [2.45, 2.75) is 13.1 Å². The largest absolute Gasteiger partial charge is 0.505 e. The molecular weight excluding hydrogens is 473 g/mol. The van der Waals surface area contributed by atoms with E-state index >= 15 is 0 Å². The molecule has 2 heterocycles. The molecule has 9 heteroatoms. The molecule has 3 aromatic carbocycles. The van der Waals surface area contributed by atoms with Crippen LogP contribution >= 0.6 is 0 Å². The van der Waals surface area contributed by atoms with Gasteiger partial charge in [0.25, 0.3) is 11.8 Å². The standard InChI is InChI=1S/C28H24FN5O3/c1-30-22(33-19-6-3-2-4-7-19)14-32-27(36)23-20-8-5-13-31-25(20)26(35)24-21(23)16-34(28(24)37)15-17-9-11-18(29)12-10-17/h2-13,35H,14-16H2,1H3,(H,30,33)(H,32,36). The molecule has 2 amide bonds. The maximum Gasteiger partial charge on any atom is 0.258 e. The third-order valence-electron chi connectivity index (χ3n) is 6.25. The lowest BCUT2D eigenvalue weighted by molar-refractivity contribution is 0.0763. The number of anilines is 1. The molecule has 0 radical (unpaired) electrons. The number of phenolic OH excluding ortho intramolecular Hbond substituents is 1. The van der Waals surface area contributed by atoms with Crippen molar-refractivity contribution in [3.63, 3.8) is 0 Å². The topological polar surface area (TPSA) is 107 Å². The number of aromatic hydroxyl groups is 1. The van der Waals surface area contributed by atoms with E-state index in [9.17, 15) is 19.1 Å². The highest BCUT2D eigenvalue weighted by molar-refractivity contribution is 6.16. The fraction of sp³-hybridized carbons (Fsp3) is 0.143. The van der Waals surface area contributed by atoms with E-state index in [1.165, 1.54) is 23.2 Å². The van der Waals surface area contributed by atoms with Crippen LogP contribution in [0.25, 0.3) is 10.9 Å². The number of phenols is 1. The molecule has 37 heavy (non-hydrogen) atoms. The van der Waals surface area contributed by atoms with Gasteiger partial charge in [-0.2, -0.15) is 0 Å². The molecule has 0 aliphatic carbocycles. The number of rotatable bonds is 6. The maximum absolute atomic E-state index is 13.5. The molecule has 5 rings (SSSR count). The average Bonchev–Trinajstić information content (AvgIpc) is 3.24. The number of nitrogens with zero attached hydrogens (tertiary/aromatic N) is 3. The number of benzene rings is 3. The molecule has 186 valence electrons. The van der Waals surface area contributed by atoms with Crippen molar-refractivity contribution in [2.24, 2.45) is 4.99 Å². The van der Waals surface area contributed by atoms with E-state index in [2.05, 4.69) is 20.6 Å². The quantitative estimate of drug-likeness (QED) is 0.275. The first-order valence-electron chi connectivity index (χ1n) is 11.7. The Hall–Kier alpha value is -4.79. The Morgan fingerprint density at radius 1 is 1.11 bits per heavy atom. The molecule has 1 aromatic heterocycles. The summed E-state index contributed by atoms with van der Waals surface area (Å²) < 4.78 is 13.3. The predicted molar refractivity (Wildman–Crippen MR) is 139 cm³/mol. The van der Waals surface area contributed by atoms with Crippen LogP contribution < -0.4 is 10.6 Å². The van der Waals surface area contributed by atoms with Gasteiger partial charge in [0.15, 0.2) is 5.75 Å². The minimum Gasteiger partial charge on any atom is -0.505 e. The van der Waals surface area contributed by atoms with Gasteiger partial charge in [-0.25, -0.2) is 4.39 Å². The van der Waals surface area contributed by atoms with Crippen LogP contribution in [-0.4, -0.2) is 46.2 Å². The number of fused-ring (bicyclic) bond motifs is 2. The zero-order valence-corrected chi connectivity index (χ0v) is 20.0. The van der Waals surface area contributed by atoms with Gasteiger partial charge < -0.3 is 20.6 Å². The van der Waals surface area contributed by atoms with Crippen molar-refractivity contribution >= 4 is 34.2 Å². The Bertz CT molecular complexity index is 1520. The van der Waals surface area contributed by atoms with Gasteiger partial charge >= 0.3 is 0 Å². The van der Waals surface area contributed by atoms with Crippen molar-refractivity contribution in [1.82, 2.24) is 15.2 Å². The minimum atomic E-state index is -0.417. The van der Waals surface area contributed by atoms with Crippen LogP contribution in [0, 0.1) is 5.82 Å². The Morgan fingerprint density at radius 3 is 2.59 bits per heavy atom. The number of aromatic nitrogens is 1. The number of aliphatic imine (C=N–C) groups is 1. The second kappa shape index (κ2) is 10.1. The number of amidine groups is 1. The van der Waals surface area contributed by atoms with Crippen LogP contribution in [0.5, 0.6) is 5.75 Å². The highest BCUT2D eigenvalue weighted by Crippen LogP contribution is 2.39. The number of carbonyl (C=O) groups excluding carboxylic acids is 2. The number of halogens is 1. The van der Waals surface area contributed by atoms with Crippen molar-refractivity contribution in [1.29, 1.82) is 0 Å². The third kappa shape index (κ3) is 4.71. The van der Waals surface area contributed by atoms with Crippen molar-refractivity contribution in [2.75, 3.05) is 18.9 Å².